The largest absolute Gasteiger partial charge is 0.482 e. The van der Waals surface area contributed by atoms with E-state index in [1.165, 1.54) is 0 Å². The van der Waals surface area contributed by atoms with Gasteiger partial charge in [-0.1, -0.05) is 83.9 Å². The lowest BCUT2D eigenvalue weighted by molar-refractivity contribution is -0.195. The van der Waals surface area contributed by atoms with E-state index in [1.54, 1.807) is 0 Å². The van der Waals surface area contributed by atoms with Crippen molar-refractivity contribution in [2.45, 2.75) is 52.1 Å². The molecule has 204 valence electrons. The summed E-state index contributed by atoms with van der Waals surface area (Å²) in [6.45, 7) is 7.90. The molecular weight excluding hydrogens is 504 g/mol. The molecule has 1 saturated heterocycles. The third-order valence-electron chi connectivity index (χ3n) is 6.89. The summed E-state index contributed by atoms with van der Waals surface area (Å²) in [5, 5.41) is 0. The van der Waals surface area contributed by atoms with Crippen molar-refractivity contribution < 1.29 is 28.5 Å². The second-order valence-corrected chi connectivity index (χ2v) is 10.3. The highest BCUT2D eigenvalue weighted by atomic mass is 16.6. The van der Waals surface area contributed by atoms with Gasteiger partial charge in [-0.05, 0) is 74.2 Å². The van der Waals surface area contributed by atoms with Gasteiger partial charge in [0, 0.05) is 0 Å². The first-order valence-corrected chi connectivity index (χ1v) is 13.3. The molecule has 5 rings (SSSR count). The van der Waals surface area contributed by atoms with Gasteiger partial charge in [0.15, 0.2) is 24.4 Å². The molecule has 0 bridgehead atoms. The lowest BCUT2D eigenvalue weighted by atomic mass is 9.91. The normalized spacial score (nSPS) is 21.0. The van der Waals surface area contributed by atoms with Crippen LogP contribution in [0.25, 0.3) is 0 Å². The number of aryl methyl sites for hydroxylation is 4. The maximum absolute atomic E-state index is 13.0. The van der Waals surface area contributed by atoms with Crippen LogP contribution in [0.5, 0.6) is 11.5 Å². The van der Waals surface area contributed by atoms with Gasteiger partial charge in [0.1, 0.15) is 11.5 Å². The Bertz CT molecular complexity index is 1380. The van der Waals surface area contributed by atoms with E-state index in [4.69, 9.17) is 18.9 Å². The third kappa shape index (κ3) is 6.18. The van der Waals surface area contributed by atoms with Crippen molar-refractivity contribution in [3.8, 4) is 11.5 Å². The molecule has 0 N–H and O–H groups in total. The van der Waals surface area contributed by atoms with Gasteiger partial charge in [0.2, 0.25) is 0 Å². The van der Waals surface area contributed by atoms with E-state index >= 15 is 0 Å². The minimum Gasteiger partial charge on any atom is -0.482 e. The van der Waals surface area contributed by atoms with Crippen molar-refractivity contribution in [2.24, 2.45) is 0 Å². The smallest absolute Gasteiger partial charge is 0.418 e. The number of cyclic esters (lactones) is 2. The van der Waals surface area contributed by atoms with Crippen LogP contribution >= 0.6 is 0 Å². The second kappa shape index (κ2) is 11.7. The second-order valence-electron chi connectivity index (χ2n) is 10.3. The molecular formula is C34H32O6. The first-order valence-electron chi connectivity index (χ1n) is 13.3. The molecule has 1 fully saturated rings. The number of hydrogen-bond acceptors (Lipinski definition) is 6. The molecule has 4 unspecified atom stereocenters. The highest BCUT2D eigenvalue weighted by Crippen LogP contribution is 2.38. The summed E-state index contributed by atoms with van der Waals surface area (Å²) in [6.07, 6.45) is -3.73. The van der Waals surface area contributed by atoms with E-state index in [1.807, 2.05) is 125 Å². The average Bonchev–Trinajstić information content (AvgIpc) is 2.93. The number of rotatable bonds is 6. The first kappa shape index (κ1) is 27.0. The SMILES string of the molecule is Cc1ccc(C2OC(=O)C(=O)OC(c3ccc(C)cc3)C(Oc3cccc(C)c3)C2Oc2cccc(C)c2)cc1. The maximum Gasteiger partial charge on any atom is 0.418 e. The molecule has 1 heterocycles. The molecule has 6 nitrogen and oxygen atoms in total. The predicted octanol–water partition coefficient (Wildman–Crippen LogP) is 6.70. The Labute approximate surface area is 234 Å². The Morgan fingerprint density at radius 1 is 0.500 bits per heavy atom. The molecule has 0 saturated carbocycles. The number of carbonyl (C=O) groups is 2. The molecule has 0 aromatic heterocycles. The molecule has 1 aliphatic rings. The zero-order valence-electron chi connectivity index (χ0n) is 23.0. The van der Waals surface area contributed by atoms with Crippen molar-refractivity contribution in [1.82, 2.24) is 0 Å². The average molecular weight is 537 g/mol. The summed E-state index contributed by atoms with van der Waals surface area (Å²) in [5.74, 6) is -1.03. The third-order valence-corrected chi connectivity index (χ3v) is 6.89. The van der Waals surface area contributed by atoms with Gasteiger partial charge in [-0.15, -0.1) is 0 Å². The number of esters is 2. The molecule has 4 aromatic rings. The number of hydrogen-bond donors (Lipinski definition) is 0. The summed E-state index contributed by atoms with van der Waals surface area (Å²) in [7, 11) is 0. The van der Waals surface area contributed by atoms with E-state index in [9.17, 15) is 9.59 Å². The highest BCUT2D eigenvalue weighted by molar-refractivity contribution is 6.29. The summed E-state index contributed by atoms with van der Waals surface area (Å²) in [6, 6.07) is 30.4. The van der Waals surface area contributed by atoms with Gasteiger partial charge in [-0.25, -0.2) is 9.59 Å². The molecule has 1 aliphatic heterocycles. The lowest BCUT2D eigenvalue weighted by Crippen LogP contribution is -2.50. The Morgan fingerprint density at radius 3 is 1.23 bits per heavy atom. The maximum atomic E-state index is 13.0. The van der Waals surface area contributed by atoms with E-state index in [0.29, 0.717) is 22.6 Å². The van der Waals surface area contributed by atoms with Crippen molar-refractivity contribution in [3.63, 3.8) is 0 Å². The van der Waals surface area contributed by atoms with Crippen LogP contribution in [0.4, 0.5) is 0 Å². The Hall–Kier alpha value is -4.58. The van der Waals surface area contributed by atoms with E-state index in [2.05, 4.69) is 0 Å². The molecule has 0 spiro atoms. The fourth-order valence-electron chi connectivity index (χ4n) is 4.78. The van der Waals surface area contributed by atoms with Gasteiger partial charge in [-0.2, -0.15) is 0 Å². The molecule has 6 heteroatoms. The minimum absolute atomic E-state index is 0.575. The number of carbonyl (C=O) groups excluding carboxylic acids is 2. The van der Waals surface area contributed by atoms with Crippen LogP contribution in [-0.2, 0) is 19.1 Å². The Kier molecular flexibility index (Phi) is 7.87. The monoisotopic (exact) mass is 536 g/mol. The summed E-state index contributed by atoms with van der Waals surface area (Å²) in [4.78, 5) is 26.0. The van der Waals surface area contributed by atoms with E-state index in [0.717, 1.165) is 22.3 Å². The summed E-state index contributed by atoms with van der Waals surface area (Å²) < 4.78 is 24.9. The van der Waals surface area contributed by atoms with Crippen LogP contribution in [0.1, 0.15) is 45.6 Å². The standard InChI is InChI=1S/C34H32O6/c1-21-11-15-25(16-12-21)29-31(37-27-9-5-7-23(3)19-27)32(38-28-10-6-8-24(4)20-28)30(40-34(36)33(35)39-29)26-17-13-22(2)14-18-26/h5-20,29-32H,1-4H3. The van der Waals surface area contributed by atoms with Crippen LogP contribution in [0, 0.1) is 27.7 Å². The summed E-state index contributed by atoms with van der Waals surface area (Å²) in [5.41, 5.74) is 5.44. The van der Waals surface area contributed by atoms with Crippen LogP contribution in [0.2, 0.25) is 0 Å². The van der Waals surface area contributed by atoms with E-state index < -0.39 is 36.4 Å². The zero-order chi connectivity index (χ0) is 28.2. The minimum atomic E-state index is -1.09. The highest BCUT2D eigenvalue weighted by Gasteiger charge is 2.47. The van der Waals surface area contributed by atoms with Gasteiger partial charge < -0.3 is 18.9 Å². The van der Waals surface area contributed by atoms with Crippen molar-refractivity contribution >= 4 is 11.9 Å². The van der Waals surface area contributed by atoms with Gasteiger partial charge in [-0.3, -0.25) is 0 Å². The lowest BCUT2D eigenvalue weighted by Gasteiger charge is -2.39. The molecule has 4 atom stereocenters. The first-order chi connectivity index (χ1) is 19.3. The van der Waals surface area contributed by atoms with Crippen LogP contribution < -0.4 is 9.47 Å². The molecule has 0 amide bonds. The van der Waals surface area contributed by atoms with E-state index in [-0.39, 0.29) is 0 Å². The van der Waals surface area contributed by atoms with Crippen LogP contribution in [0.3, 0.4) is 0 Å². The molecule has 0 radical (unpaired) electrons. The Morgan fingerprint density at radius 2 is 0.875 bits per heavy atom. The van der Waals surface area contributed by atoms with Crippen molar-refractivity contribution in [3.05, 3.63) is 130 Å². The Balaban J connectivity index is 1.70. The fraction of sp³-hybridized carbons (Fsp3) is 0.235. The quantitative estimate of drug-likeness (QED) is 0.202. The predicted molar refractivity (Wildman–Crippen MR) is 151 cm³/mol. The molecule has 0 aliphatic carbocycles. The molecule has 4 aromatic carbocycles. The van der Waals surface area contributed by atoms with Crippen molar-refractivity contribution in [2.75, 3.05) is 0 Å². The number of benzene rings is 4. The topological polar surface area (TPSA) is 71.1 Å². The van der Waals surface area contributed by atoms with Gasteiger partial charge >= 0.3 is 11.9 Å². The molecule has 40 heavy (non-hydrogen) atoms. The van der Waals surface area contributed by atoms with Gasteiger partial charge in [0.05, 0.1) is 0 Å². The van der Waals surface area contributed by atoms with Crippen LogP contribution in [0.15, 0.2) is 97.1 Å². The fourth-order valence-corrected chi connectivity index (χ4v) is 4.78. The number of ether oxygens (including phenoxy) is 4. The van der Waals surface area contributed by atoms with Crippen LogP contribution in [-0.4, -0.2) is 24.1 Å². The summed E-state index contributed by atoms with van der Waals surface area (Å²) >= 11 is 0. The zero-order valence-corrected chi connectivity index (χ0v) is 23.0. The van der Waals surface area contributed by atoms with Gasteiger partial charge in [0.25, 0.3) is 0 Å². The van der Waals surface area contributed by atoms with Crippen molar-refractivity contribution in [1.29, 1.82) is 0 Å².